The molecule has 0 radical (unpaired) electrons. The van der Waals surface area contributed by atoms with Crippen molar-refractivity contribution in [3.63, 3.8) is 0 Å². The van der Waals surface area contributed by atoms with E-state index in [-0.39, 0.29) is 0 Å². The van der Waals surface area contributed by atoms with Crippen LogP contribution in [0, 0.1) is 0 Å². The summed E-state index contributed by atoms with van der Waals surface area (Å²) in [6.07, 6.45) is 0. The van der Waals surface area contributed by atoms with Crippen LogP contribution in [0.2, 0.25) is 0 Å². The molecule has 0 aliphatic carbocycles. The molecule has 0 amide bonds. The van der Waals surface area contributed by atoms with Crippen LogP contribution in [-0.2, 0) is 0 Å². The SMILES string of the molecule is c1ccc(-n2c3ccccc3c3c2ccc2c4ccc5c(c6ccccc6n5-c5ccccc5)c4n(-c4ccc(-c5ccc(-n6c7c(ccc8c7c7ccccc7n8-c7ccccc7)c7ccc8c(c9ccccc9n8-c8ccccc8)c76)cc5)cc4)c23)cc1. The minimum Gasteiger partial charge on any atom is -0.309 e. The van der Waals surface area contributed by atoms with Crippen LogP contribution >= 0.6 is 0 Å². The third-order valence-corrected chi connectivity index (χ3v) is 19.4. The predicted molar refractivity (Wildman–Crippen MR) is 378 cm³/mol. The fourth-order valence-corrected chi connectivity index (χ4v) is 15.7. The van der Waals surface area contributed by atoms with Crippen LogP contribution in [0.5, 0.6) is 0 Å². The van der Waals surface area contributed by atoms with E-state index in [4.69, 9.17) is 0 Å². The molecule has 0 N–H and O–H groups in total. The van der Waals surface area contributed by atoms with Crippen molar-refractivity contribution < 1.29 is 0 Å². The van der Waals surface area contributed by atoms with Gasteiger partial charge in [0.05, 0.1) is 66.2 Å². The highest BCUT2D eigenvalue weighted by atomic mass is 15.1. The average Bonchev–Trinajstić information content (AvgIpc) is 1.55. The standard InChI is InChI=1S/C84H52N6/c1-5-21-55(22-6-1)85-69-33-17-13-29-65(69)77-73(85)49-45-61-62-46-50-74-78(66-30-14-18-34-70(66)86(74)56-23-7-2-8-24-56)82(62)89(81(61)77)59-41-37-53(38-42-59)54-39-43-60(44-40-54)90-83-63(47-51-75-79(83)67-31-15-19-35-71(67)87(75)57-25-9-3-10-26-57)64-48-52-76-80(84(64)90)68-32-16-20-36-72(68)88(76)58-27-11-4-12-28-58/h1-52H. The molecule has 0 saturated heterocycles. The van der Waals surface area contributed by atoms with E-state index in [1.165, 1.54) is 131 Å². The number of rotatable bonds is 7. The molecule has 0 fully saturated rings. The topological polar surface area (TPSA) is 29.6 Å². The molecule has 418 valence electrons. The van der Waals surface area contributed by atoms with E-state index in [1.54, 1.807) is 0 Å². The molecule has 0 unspecified atom stereocenters. The lowest BCUT2D eigenvalue weighted by atomic mass is 10.0. The van der Waals surface area contributed by atoms with Gasteiger partial charge in [0.25, 0.3) is 0 Å². The molecule has 20 rings (SSSR count). The van der Waals surface area contributed by atoms with Gasteiger partial charge < -0.3 is 27.4 Å². The largest absolute Gasteiger partial charge is 0.309 e. The number of para-hydroxylation sites is 8. The van der Waals surface area contributed by atoms with Gasteiger partial charge in [0.15, 0.2) is 0 Å². The Labute approximate surface area is 516 Å². The van der Waals surface area contributed by atoms with Crippen LogP contribution in [-0.4, -0.2) is 27.4 Å². The lowest BCUT2D eigenvalue weighted by molar-refractivity contribution is 1.17. The van der Waals surface area contributed by atoms with Crippen molar-refractivity contribution in [1.82, 2.24) is 27.4 Å². The molecule has 6 heterocycles. The minimum absolute atomic E-state index is 1.10. The van der Waals surface area contributed by atoms with Crippen molar-refractivity contribution in [2.24, 2.45) is 0 Å². The Hall–Kier alpha value is -12.1. The van der Waals surface area contributed by atoms with Crippen molar-refractivity contribution in [3.8, 4) is 45.3 Å². The normalized spacial score (nSPS) is 12.2. The van der Waals surface area contributed by atoms with E-state index >= 15 is 0 Å². The molecule has 0 spiro atoms. The first-order chi connectivity index (χ1) is 44.7. The van der Waals surface area contributed by atoms with E-state index < -0.39 is 0 Å². The number of hydrogen-bond donors (Lipinski definition) is 0. The highest BCUT2D eigenvalue weighted by molar-refractivity contribution is 6.33. The Morgan fingerprint density at radius 1 is 0.133 bits per heavy atom. The predicted octanol–water partition coefficient (Wildman–Crippen LogP) is 21.9. The average molecular weight is 1150 g/mol. The summed E-state index contributed by atoms with van der Waals surface area (Å²) < 4.78 is 14.9. The third-order valence-electron chi connectivity index (χ3n) is 19.4. The van der Waals surface area contributed by atoms with Crippen molar-refractivity contribution in [3.05, 3.63) is 315 Å². The Kier molecular flexibility index (Phi) is 10.2. The number of fused-ring (bicyclic) bond motifs is 22. The summed E-state index contributed by atoms with van der Waals surface area (Å²) in [6.45, 7) is 0. The molecule has 20 aromatic rings. The van der Waals surface area contributed by atoms with Crippen LogP contribution in [0.4, 0.5) is 0 Å². The quantitative estimate of drug-likeness (QED) is 0.152. The minimum atomic E-state index is 1.10. The Balaban J connectivity index is 0.823. The van der Waals surface area contributed by atoms with Crippen LogP contribution in [0.25, 0.3) is 176 Å². The first-order valence-corrected chi connectivity index (χ1v) is 31.0. The first-order valence-electron chi connectivity index (χ1n) is 31.0. The second-order valence-electron chi connectivity index (χ2n) is 23.9. The molecule has 6 aromatic heterocycles. The van der Waals surface area contributed by atoms with E-state index in [9.17, 15) is 0 Å². The van der Waals surface area contributed by atoms with Crippen molar-refractivity contribution >= 4 is 131 Å². The van der Waals surface area contributed by atoms with Crippen LogP contribution < -0.4 is 0 Å². The van der Waals surface area contributed by atoms with Gasteiger partial charge in [-0.25, -0.2) is 0 Å². The zero-order chi connectivity index (χ0) is 58.7. The van der Waals surface area contributed by atoms with Crippen molar-refractivity contribution in [2.45, 2.75) is 0 Å². The second-order valence-corrected chi connectivity index (χ2v) is 23.9. The van der Waals surface area contributed by atoms with Gasteiger partial charge >= 0.3 is 0 Å². The molecule has 0 saturated carbocycles. The van der Waals surface area contributed by atoms with Gasteiger partial charge in [-0.2, -0.15) is 0 Å². The Morgan fingerprint density at radius 3 is 0.589 bits per heavy atom. The van der Waals surface area contributed by atoms with Crippen LogP contribution in [0.3, 0.4) is 0 Å². The number of benzene rings is 14. The smallest absolute Gasteiger partial charge is 0.0641 e. The van der Waals surface area contributed by atoms with Crippen LogP contribution in [0.1, 0.15) is 0 Å². The maximum Gasteiger partial charge on any atom is 0.0641 e. The van der Waals surface area contributed by atoms with Gasteiger partial charge in [0, 0.05) is 98.8 Å². The molecular weight excluding hydrogens is 1090 g/mol. The molecule has 90 heavy (non-hydrogen) atoms. The third kappa shape index (κ3) is 6.71. The molecule has 0 atom stereocenters. The lowest BCUT2D eigenvalue weighted by Crippen LogP contribution is -1.97. The Morgan fingerprint density at radius 2 is 0.344 bits per heavy atom. The molecule has 0 aliphatic heterocycles. The lowest BCUT2D eigenvalue weighted by Gasteiger charge is -2.13. The number of nitrogens with zero attached hydrogens (tertiary/aromatic N) is 6. The van der Waals surface area contributed by atoms with Gasteiger partial charge in [0.2, 0.25) is 0 Å². The van der Waals surface area contributed by atoms with Gasteiger partial charge in [-0.15, -0.1) is 0 Å². The molecule has 0 aliphatic rings. The molecule has 0 bridgehead atoms. The molecule has 6 heteroatoms. The molecule has 14 aromatic carbocycles. The van der Waals surface area contributed by atoms with Gasteiger partial charge in [-0.3, -0.25) is 0 Å². The molecule has 6 nitrogen and oxygen atoms in total. The Bertz CT molecular complexity index is 5600. The van der Waals surface area contributed by atoms with Gasteiger partial charge in [0.1, 0.15) is 0 Å². The second kappa shape index (κ2) is 18.7. The summed E-state index contributed by atoms with van der Waals surface area (Å²) >= 11 is 0. The molecular formula is C84H52N6. The maximum absolute atomic E-state index is 2.58. The fourth-order valence-electron chi connectivity index (χ4n) is 15.7. The number of aromatic nitrogens is 6. The zero-order valence-corrected chi connectivity index (χ0v) is 48.7. The monoisotopic (exact) mass is 1140 g/mol. The van der Waals surface area contributed by atoms with E-state index in [2.05, 4.69) is 343 Å². The summed E-state index contributed by atoms with van der Waals surface area (Å²) in [7, 11) is 0. The maximum atomic E-state index is 2.58. The summed E-state index contributed by atoms with van der Waals surface area (Å²) in [5, 5.41) is 14.7. The van der Waals surface area contributed by atoms with E-state index in [0.29, 0.717) is 0 Å². The summed E-state index contributed by atoms with van der Waals surface area (Å²) in [4.78, 5) is 0. The summed E-state index contributed by atoms with van der Waals surface area (Å²) in [6, 6.07) is 116. The van der Waals surface area contributed by atoms with E-state index in [0.717, 1.165) is 45.3 Å². The van der Waals surface area contributed by atoms with Crippen LogP contribution in [0.15, 0.2) is 315 Å². The summed E-state index contributed by atoms with van der Waals surface area (Å²) in [5.41, 5.74) is 23.3. The number of hydrogen-bond acceptors (Lipinski definition) is 0. The van der Waals surface area contributed by atoms with E-state index in [1.807, 2.05) is 0 Å². The van der Waals surface area contributed by atoms with Gasteiger partial charge in [-0.05, 0) is 132 Å². The van der Waals surface area contributed by atoms with Gasteiger partial charge in [-0.1, -0.05) is 194 Å². The summed E-state index contributed by atoms with van der Waals surface area (Å²) in [5.74, 6) is 0. The zero-order valence-electron chi connectivity index (χ0n) is 48.7. The highest BCUT2D eigenvalue weighted by Crippen LogP contribution is 2.49. The van der Waals surface area contributed by atoms with Crippen molar-refractivity contribution in [1.29, 1.82) is 0 Å². The first kappa shape index (κ1) is 49.0. The highest BCUT2D eigenvalue weighted by Gasteiger charge is 2.27. The van der Waals surface area contributed by atoms with Crippen molar-refractivity contribution in [2.75, 3.05) is 0 Å². The fraction of sp³-hybridized carbons (Fsp3) is 0.